The molecule has 0 atom stereocenters. The van der Waals surface area contributed by atoms with Gasteiger partial charge in [0.2, 0.25) is 0 Å². The molecule has 3 aromatic heterocycles. The monoisotopic (exact) mass is 420 g/mol. The minimum atomic E-state index is -4.55. The Morgan fingerprint density at radius 3 is 2.46 bits per heavy atom. The predicted molar refractivity (Wildman–Crippen MR) is 101 cm³/mol. The lowest BCUT2D eigenvalue weighted by atomic mass is 10.2. The fourth-order valence-corrected chi connectivity index (χ4v) is 4.35. The molecule has 0 amide bonds. The molecule has 0 bridgehead atoms. The van der Waals surface area contributed by atoms with Gasteiger partial charge in [0.05, 0.1) is 5.39 Å². The van der Waals surface area contributed by atoms with Gasteiger partial charge < -0.3 is 0 Å². The molecule has 1 aromatic carbocycles. The highest BCUT2D eigenvalue weighted by atomic mass is 32.2. The van der Waals surface area contributed by atoms with Gasteiger partial charge >= 0.3 is 6.18 Å². The van der Waals surface area contributed by atoms with E-state index in [2.05, 4.69) is 15.2 Å². The number of hydrogen-bond acceptors (Lipinski definition) is 6. The molecular formula is C18H11F3N4OS2. The van der Waals surface area contributed by atoms with Crippen molar-refractivity contribution in [1.29, 1.82) is 0 Å². The summed E-state index contributed by atoms with van der Waals surface area (Å²) in [4.78, 5) is 18.7. The van der Waals surface area contributed by atoms with Crippen LogP contribution in [0.3, 0.4) is 0 Å². The summed E-state index contributed by atoms with van der Waals surface area (Å²) >= 11 is 2.37. The first-order chi connectivity index (χ1) is 13.3. The molecule has 0 spiro atoms. The van der Waals surface area contributed by atoms with E-state index in [4.69, 9.17) is 0 Å². The van der Waals surface area contributed by atoms with Crippen molar-refractivity contribution in [2.45, 2.75) is 16.4 Å². The third kappa shape index (κ3) is 3.52. The Kier molecular flexibility index (Phi) is 4.68. The summed E-state index contributed by atoms with van der Waals surface area (Å²) in [6.07, 6.45) is -4.55. The van der Waals surface area contributed by atoms with Gasteiger partial charge in [0.25, 0.3) is 5.56 Å². The van der Waals surface area contributed by atoms with E-state index in [9.17, 15) is 18.0 Å². The van der Waals surface area contributed by atoms with Gasteiger partial charge in [-0.25, -0.2) is 4.98 Å². The minimum absolute atomic E-state index is 0.217. The van der Waals surface area contributed by atoms with Crippen LogP contribution in [0.2, 0.25) is 0 Å². The Bertz CT molecular complexity index is 1200. The van der Waals surface area contributed by atoms with E-state index >= 15 is 0 Å². The molecule has 0 aliphatic carbocycles. The first kappa shape index (κ1) is 18.6. The number of rotatable bonds is 3. The summed E-state index contributed by atoms with van der Waals surface area (Å²) in [6, 6.07) is 13.5. The summed E-state index contributed by atoms with van der Waals surface area (Å²) in [5.41, 5.74) is -0.318. The number of alkyl halides is 3. The maximum absolute atomic E-state index is 12.7. The van der Waals surface area contributed by atoms with E-state index in [1.807, 2.05) is 30.3 Å². The van der Waals surface area contributed by atoms with Crippen LogP contribution < -0.4 is 5.56 Å². The van der Waals surface area contributed by atoms with Crippen molar-refractivity contribution in [2.24, 2.45) is 7.05 Å². The first-order valence-electron chi connectivity index (χ1n) is 7.98. The second kappa shape index (κ2) is 7.02. The Hall–Kier alpha value is -2.72. The fraction of sp³-hybridized carbons (Fsp3) is 0.111. The summed E-state index contributed by atoms with van der Waals surface area (Å²) in [5.74, 6) is 0. The summed E-state index contributed by atoms with van der Waals surface area (Å²) < 4.78 is 39.2. The fourth-order valence-electron chi connectivity index (χ4n) is 2.50. The highest BCUT2D eigenvalue weighted by molar-refractivity contribution is 7.99. The van der Waals surface area contributed by atoms with Crippen LogP contribution in [0.25, 0.3) is 20.7 Å². The molecule has 28 heavy (non-hydrogen) atoms. The maximum Gasteiger partial charge on any atom is 0.435 e. The quantitative estimate of drug-likeness (QED) is 0.453. The van der Waals surface area contributed by atoms with Crippen LogP contribution in [-0.4, -0.2) is 19.7 Å². The zero-order chi connectivity index (χ0) is 19.9. The molecule has 142 valence electrons. The van der Waals surface area contributed by atoms with Crippen molar-refractivity contribution in [3.63, 3.8) is 0 Å². The van der Waals surface area contributed by atoms with E-state index in [-0.39, 0.29) is 10.6 Å². The molecule has 0 fully saturated rings. The number of aromatic nitrogens is 4. The van der Waals surface area contributed by atoms with Crippen LogP contribution in [-0.2, 0) is 13.2 Å². The molecule has 0 saturated carbocycles. The van der Waals surface area contributed by atoms with Crippen LogP contribution in [0, 0.1) is 0 Å². The topological polar surface area (TPSA) is 60.7 Å². The van der Waals surface area contributed by atoms with Crippen molar-refractivity contribution in [1.82, 2.24) is 19.7 Å². The Morgan fingerprint density at radius 2 is 1.82 bits per heavy atom. The van der Waals surface area contributed by atoms with Gasteiger partial charge in [0, 0.05) is 11.9 Å². The molecule has 0 unspecified atom stereocenters. The largest absolute Gasteiger partial charge is 0.435 e. The van der Waals surface area contributed by atoms with Crippen LogP contribution in [0.4, 0.5) is 13.2 Å². The average Bonchev–Trinajstić information content (AvgIpc) is 3.11. The standard InChI is InChI=1S/C18H11F3N4OS2/c1-25-16(26)11-9-12(10-5-3-2-4-6-10)27-15(11)22-17(25)28-14-8-7-13(23-24-14)18(19,20)21/h2-9H,1H3. The summed E-state index contributed by atoms with van der Waals surface area (Å²) in [7, 11) is 1.56. The number of fused-ring (bicyclic) bond motifs is 1. The second-order valence-electron chi connectivity index (χ2n) is 5.81. The zero-order valence-electron chi connectivity index (χ0n) is 14.3. The van der Waals surface area contributed by atoms with Gasteiger partial charge in [0.15, 0.2) is 10.9 Å². The average molecular weight is 420 g/mol. The smallest absolute Gasteiger partial charge is 0.290 e. The number of halogens is 3. The van der Waals surface area contributed by atoms with Gasteiger partial charge in [-0.3, -0.25) is 9.36 Å². The molecule has 0 N–H and O–H groups in total. The number of nitrogens with zero attached hydrogens (tertiary/aromatic N) is 4. The Balaban J connectivity index is 1.72. The Morgan fingerprint density at radius 1 is 1.07 bits per heavy atom. The normalized spacial score (nSPS) is 11.9. The summed E-state index contributed by atoms with van der Waals surface area (Å²) in [5, 5.41) is 7.82. The molecule has 5 nitrogen and oxygen atoms in total. The van der Waals surface area contributed by atoms with Gasteiger partial charge in [-0.1, -0.05) is 30.3 Å². The molecule has 3 heterocycles. The van der Waals surface area contributed by atoms with Crippen LogP contribution in [0.15, 0.2) is 63.5 Å². The molecule has 0 radical (unpaired) electrons. The molecule has 4 rings (SSSR count). The van der Waals surface area contributed by atoms with Gasteiger partial charge in [-0.2, -0.15) is 13.2 Å². The molecule has 0 aliphatic rings. The zero-order valence-corrected chi connectivity index (χ0v) is 15.9. The van der Waals surface area contributed by atoms with Crippen LogP contribution in [0.5, 0.6) is 0 Å². The highest BCUT2D eigenvalue weighted by Crippen LogP contribution is 2.33. The van der Waals surface area contributed by atoms with Crippen molar-refractivity contribution in [2.75, 3.05) is 0 Å². The summed E-state index contributed by atoms with van der Waals surface area (Å²) in [6.45, 7) is 0. The van der Waals surface area contributed by atoms with E-state index < -0.39 is 11.9 Å². The second-order valence-corrected chi connectivity index (χ2v) is 7.83. The first-order valence-corrected chi connectivity index (χ1v) is 9.61. The van der Waals surface area contributed by atoms with E-state index in [1.165, 1.54) is 22.0 Å². The lowest BCUT2D eigenvalue weighted by Gasteiger charge is -2.07. The molecule has 0 saturated heterocycles. The Labute approximate surface area is 164 Å². The lowest BCUT2D eigenvalue weighted by molar-refractivity contribution is -0.141. The van der Waals surface area contributed by atoms with Crippen LogP contribution >= 0.6 is 23.1 Å². The minimum Gasteiger partial charge on any atom is -0.290 e. The number of thiophene rings is 1. The molecule has 10 heteroatoms. The van der Waals surface area contributed by atoms with Crippen molar-refractivity contribution >= 4 is 33.3 Å². The van der Waals surface area contributed by atoms with Crippen LogP contribution in [0.1, 0.15) is 5.69 Å². The SMILES string of the molecule is Cn1c(Sc2ccc(C(F)(F)F)nn2)nc2sc(-c3ccccc3)cc2c1=O. The predicted octanol–water partition coefficient (Wildman–Crippen LogP) is 4.62. The highest BCUT2D eigenvalue weighted by Gasteiger charge is 2.33. The lowest BCUT2D eigenvalue weighted by Crippen LogP contribution is -2.19. The number of benzene rings is 1. The van der Waals surface area contributed by atoms with E-state index in [0.717, 1.165) is 28.3 Å². The van der Waals surface area contributed by atoms with Gasteiger partial charge in [0.1, 0.15) is 9.86 Å². The van der Waals surface area contributed by atoms with Crippen molar-refractivity contribution in [3.8, 4) is 10.4 Å². The van der Waals surface area contributed by atoms with E-state index in [1.54, 1.807) is 13.1 Å². The third-order valence-corrected chi connectivity index (χ3v) is 5.97. The van der Waals surface area contributed by atoms with Gasteiger partial charge in [-0.05, 0) is 35.5 Å². The van der Waals surface area contributed by atoms with E-state index in [0.29, 0.717) is 15.4 Å². The van der Waals surface area contributed by atoms with Crippen molar-refractivity contribution in [3.05, 3.63) is 64.6 Å². The molecule has 0 aliphatic heterocycles. The molecule has 4 aromatic rings. The third-order valence-electron chi connectivity index (χ3n) is 3.92. The number of hydrogen-bond donors (Lipinski definition) is 0. The maximum atomic E-state index is 12.7. The van der Waals surface area contributed by atoms with Gasteiger partial charge in [-0.15, -0.1) is 21.5 Å². The van der Waals surface area contributed by atoms with Crippen molar-refractivity contribution < 1.29 is 13.2 Å². The molecular weight excluding hydrogens is 409 g/mol.